The lowest BCUT2D eigenvalue weighted by Gasteiger charge is -2.12. The van der Waals surface area contributed by atoms with Crippen molar-refractivity contribution in [1.82, 2.24) is 5.32 Å². The zero-order valence-corrected chi connectivity index (χ0v) is 9.89. The van der Waals surface area contributed by atoms with Gasteiger partial charge in [-0.3, -0.25) is 0 Å². The maximum absolute atomic E-state index is 9.98. The van der Waals surface area contributed by atoms with Gasteiger partial charge in [-0.1, -0.05) is 29.8 Å². The molecule has 1 aromatic carbocycles. The maximum atomic E-state index is 9.98. The number of aliphatic hydroxyl groups excluding tert-OH is 1. The molecule has 1 aromatic heterocycles. The Morgan fingerprint density at radius 1 is 1.29 bits per heavy atom. The maximum Gasteiger partial charge on any atom is 0.117 e. The van der Waals surface area contributed by atoms with Gasteiger partial charge in [0.25, 0.3) is 0 Å². The first-order valence-corrected chi connectivity index (χ1v) is 5.73. The third-order valence-electron chi connectivity index (χ3n) is 2.64. The van der Waals surface area contributed by atoms with Crippen LogP contribution in [0.25, 0.3) is 0 Å². The highest BCUT2D eigenvalue weighted by Crippen LogP contribution is 2.13. The van der Waals surface area contributed by atoms with Gasteiger partial charge in [-0.05, 0) is 24.6 Å². The zero-order valence-electron chi connectivity index (χ0n) is 9.89. The Morgan fingerprint density at radius 2 is 2.18 bits per heavy atom. The summed E-state index contributed by atoms with van der Waals surface area (Å²) in [4.78, 5) is 0. The zero-order chi connectivity index (χ0) is 12.1. The second-order valence-electron chi connectivity index (χ2n) is 4.14. The molecule has 17 heavy (non-hydrogen) atoms. The van der Waals surface area contributed by atoms with Crippen molar-refractivity contribution in [3.8, 4) is 0 Å². The fourth-order valence-electron chi connectivity index (χ4n) is 1.74. The molecule has 0 aliphatic carbocycles. The third kappa shape index (κ3) is 3.44. The van der Waals surface area contributed by atoms with E-state index >= 15 is 0 Å². The minimum Gasteiger partial charge on any atom is -0.468 e. The van der Waals surface area contributed by atoms with Crippen molar-refractivity contribution < 1.29 is 9.52 Å². The van der Waals surface area contributed by atoms with E-state index in [4.69, 9.17) is 4.42 Å². The van der Waals surface area contributed by atoms with Gasteiger partial charge in [-0.15, -0.1) is 0 Å². The van der Waals surface area contributed by atoms with Gasteiger partial charge in [0, 0.05) is 6.54 Å². The minimum atomic E-state index is -0.482. The SMILES string of the molecule is Cc1cccc(C(O)CNCc2ccco2)c1. The van der Waals surface area contributed by atoms with E-state index in [0.717, 1.165) is 16.9 Å². The van der Waals surface area contributed by atoms with Crippen LogP contribution in [-0.2, 0) is 6.54 Å². The molecule has 1 unspecified atom stereocenters. The van der Waals surface area contributed by atoms with Gasteiger partial charge < -0.3 is 14.8 Å². The summed E-state index contributed by atoms with van der Waals surface area (Å²) in [5.74, 6) is 0.876. The van der Waals surface area contributed by atoms with E-state index in [1.54, 1.807) is 6.26 Å². The van der Waals surface area contributed by atoms with Crippen LogP contribution >= 0.6 is 0 Å². The summed E-state index contributed by atoms with van der Waals surface area (Å²) in [5.41, 5.74) is 2.10. The Morgan fingerprint density at radius 3 is 2.88 bits per heavy atom. The summed E-state index contributed by atoms with van der Waals surface area (Å²) in [6, 6.07) is 11.7. The van der Waals surface area contributed by atoms with E-state index < -0.39 is 6.10 Å². The van der Waals surface area contributed by atoms with Gasteiger partial charge >= 0.3 is 0 Å². The molecular formula is C14H17NO2. The predicted molar refractivity (Wildman–Crippen MR) is 66.6 cm³/mol. The number of hydrogen-bond donors (Lipinski definition) is 2. The van der Waals surface area contributed by atoms with Gasteiger partial charge in [0.05, 0.1) is 18.9 Å². The Hall–Kier alpha value is -1.58. The Kier molecular flexibility index (Phi) is 3.96. The molecule has 0 saturated carbocycles. The number of hydrogen-bond acceptors (Lipinski definition) is 3. The first kappa shape index (κ1) is 11.9. The number of aliphatic hydroxyl groups is 1. The van der Waals surface area contributed by atoms with E-state index in [1.807, 2.05) is 43.3 Å². The van der Waals surface area contributed by atoms with Crippen LogP contribution in [0.1, 0.15) is 23.0 Å². The normalized spacial score (nSPS) is 12.6. The van der Waals surface area contributed by atoms with Crippen molar-refractivity contribution in [2.24, 2.45) is 0 Å². The molecule has 0 radical (unpaired) electrons. The molecule has 0 aliphatic heterocycles. The monoisotopic (exact) mass is 231 g/mol. The summed E-state index contributed by atoms with van der Waals surface area (Å²) < 4.78 is 5.20. The van der Waals surface area contributed by atoms with Crippen molar-refractivity contribution in [3.63, 3.8) is 0 Å². The lowest BCUT2D eigenvalue weighted by atomic mass is 10.1. The topological polar surface area (TPSA) is 45.4 Å². The highest BCUT2D eigenvalue weighted by atomic mass is 16.3. The van der Waals surface area contributed by atoms with E-state index in [-0.39, 0.29) is 0 Å². The summed E-state index contributed by atoms with van der Waals surface area (Å²) in [5, 5.41) is 13.1. The average molecular weight is 231 g/mol. The summed E-state index contributed by atoms with van der Waals surface area (Å²) in [6.45, 7) is 3.17. The lowest BCUT2D eigenvalue weighted by Crippen LogP contribution is -2.20. The fraction of sp³-hybridized carbons (Fsp3) is 0.286. The van der Waals surface area contributed by atoms with Crippen LogP contribution in [0.5, 0.6) is 0 Å². The molecule has 1 atom stereocenters. The van der Waals surface area contributed by atoms with Crippen molar-refractivity contribution in [2.45, 2.75) is 19.6 Å². The Balaban J connectivity index is 1.83. The Labute approximate surface area is 101 Å². The van der Waals surface area contributed by atoms with Crippen LogP contribution in [0.2, 0.25) is 0 Å². The number of aryl methyl sites for hydroxylation is 1. The average Bonchev–Trinajstić information content (AvgIpc) is 2.82. The first-order chi connectivity index (χ1) is 8.25. The van der Waals surface area contributed by atoms with E-state index in [2.05, 4.69) is 5.32 Å². The van der Waals surface area contributed by atoms with Crippen LogP contribution in [0.15, 0.2) is 47.1 Å². The summed E-state index contributed by atoms with van der Waals surface area (Å²) in [6.07, 6.45) is 1.17. The second-order valence-corrected chi connectivity index (χ2v) is 4.14. The standard InChI is InChI=1S/C14H17NO2/c1-11-4-2-5-12(8-11)14(16)10-15-9-13-6-3-7-17-13/h2-8,14-16H,9-10H2,1H3. The molecule has 0 bridgehead atoms. The van der Waals surface area contributed by atoms with Gasteiger partial charge in [-0.2, -0.15) is 0 Å². The largest absolute Gasteiger partial charge is 0.468 e. The minimum absolute atomic E-state index is 0.482. The highest BCUT2D eigenvalue weighted by Gasteiger charge is 2.07. The number of nitrogens with one attached hydrogen (secondary N) is 1. The highest BCUT2D eigenvalue weighted by molar-refractivity contribution is 5.24. The van der Waals surface area contributed by atoms with Crippen molar-refractivity contribution in [2.75, 3.05) is 6.54 Å². The van der Waals surface area contributed by atoms with Crippen LogP contribution in [0, 0.1) is 6.92 Å². The molecule has 3 nitrogen and oxygen atoms in total. The van der Waals surface area contributed by atoms with Crippen molar-refractivity contribution >= 4 is 0 Å². The van der Waals surface area contributed by atoms with E-state index in [9.17, 15) is 5.11 Å². The molecule has 0 fully saturated rings. The van der Waals surface area contributed by atoms with Crippen molar-refractivity contribution in [3.05, 3.63) is 59.5 Å². The number of rotatable bonds is 5. The fourth-order valence-corrected chi connectivity index (χ4v) is 1.74. The summed E-state index contributed by atoms with van der Waals surface area (Å²) >= 11 is 0. The van der Waals surface area contributed by atoms with Gasteiger partial charge in [0.1, 0.15) is 5.76 Å². The molecular weight excluding hydrogens is 214 g/mol. The molecule has 0 spiro atoms. The van der Waals surface area contributed by atoms with Crippen LogP contribution in [0.4, 0.5) is 0 Å². The molecule has 3 heteroatoms. The summed E-state index contributed by atoms with van der Waals surface area (Å²) in [7, 11) is 0. The van der Waals surface area contributed by atoms with Gasteiger partial charge in [0.15, 0.2) is 0 Å². The van der Waals surface area contributed by atoms with E-state index in [1.165, 1.54) is 0 Å². The van der Waals surface area contributed by atoms with Crippen LogP contribution in [-0.4, -0.2) is 11.7 Å². The molecule has 0 amide bonds. The quantitative estimate of drug-likeness (QED) is 0.830. The smallest absolute Gasteiger partial charge is 0.117 e. The molecule has 0 saturated heterocycles. The number of benzene rings is 1. The van der Waals surface area contributed by atoms with Gasteiger partial charge in [0.2, 0.25) is 0 Å². The molecule has 1 heterocycles. The van der Waals surface area contributed by atoms with Crippen LogP contribution in [0.3, 0.4) is 0 Å². The predicted octanol–water partition coefficient (Wildman–Crippen LogP) is 2.41. The third-order valence-corrected chi connectivity index (χ3v) is 2.64. The van der Waals surface area contributed by atoms with E-state index in [0.29, 0.717) is 13.1 Å². The molecule has 2 rings (SSSR count). The van der Waals surface area contributed by atoms with Crippen LogP contribution < -0.4 is 5.32 Å². The van der Waals surface area contributed by atoms with Crippen molar-refractivity contribution in [1.29, 1.82) is 0 Å². The lowest BCUT2D eigenvalue weighted by molar-refractivity contribution is 0.173. The second kappa shape index (κ2) is 5.66. The first-order valence-electron chi connectivity index (χ1n) is 5.73. The molecule has 2 N–H and O–H groups in total. The molecule has 90 valence electrons. The van der Waals surface area contributed by atoms with Gasteiger partial charge in [-0.25, -0.2) is 0 Å². The Bertz CT molecular complexity index is 451. The molecule has 0 aliphatic rings. The molecule has 2 aromatic rings. The number of furan rings is 1.